The van der Waals surface area contributed by atoms with E-state index < -0.39 is 11.9 Å². The normalized spacial score (nSPS) is 19.5. The van der Waals surface area contributed by atoms with Crippen LogP contribution in [-0.2, 0) is 9.59 Å². The molecule has 0 spiro atoms. The lowest BCUT2D eigenvalue weighted by molar-refractivity contribution is -0.136. The molecule has 1 aliphatic rings. The van der Waals surface area contributed by atoms with Gasteiger partial charge in [-0.2, -0.15) is 0 Å². The Morgan fingerprint density at radius 3 is 1.93 bits per heavy atom. The van der Waals surface area contributed by atoms with Gasteiger partial charge in [-0.25, -0.2) is 9.59 Å². The Morgan fingerprint density at radius 1 is 1.00 bits per heavy atom. The number of hydrogen-bond acceptors (Lipinski definition) is 2. The van der Waals surface area contributed by atoms with Gasteiger partial charge in [0.25, 0.3) is 0 Å². The summed E-state index contributed by atoms with van der Waals surface area (Å²) in [5.74, 6) is -2.29. The predicted octanol–water partition coefficient (Wildman–Crippen LogP) is 2.05. The molecular weight excluding hydrogens is 196 g/mol. The van der Waals surface area contributed by atoms with Crippen molar-refractivity contribution in [1.29, 1.82) is 0 Å². The minimum Gasteiger partial charge on any atom is -0.478 e. The van der Waals surface area contributed by atoms with Gasteiger partial charge in [0.05, 0.1) is 5.57 Å². The van der Waals surface area contributed by atoms with E-state index in [1.807, 2.05) is 0 Å². The zero-order valence-electron chi connectivity index (χ0n) is 8.82. The molecule has 0 unspecified atom stereocenters. The van der Waals surface area contributed by atoms with Gasteiger partial charge < -0.3 is 10.2 Å². The van der Waals surface area contributed by atoms with Crippen molar-refractivity contribution in [2.24, 2.45) is 5.92 Å². The molecule has 0 heterocycles. The predicted molar refractivity (Wildman–Crippen MR) is 54.5 cm³/mol. The number of carboxylic acids is 2. The highest BCUT2D eigenvalue weighted by molar-refractivity contribution is 5.98. The second-order valence-electron chi connectivity index (χ2n) is 3.98. The first-order chi connectivity index (χ1) is 7.04. The third-order valence-corrected chi connectivity index (χ3v) is 2.97. The second kappa shape index (κ2) is 4.96. The van der Waals surface area contributed by atoms with Crippen molar-refractivity contribution in [3.05, 3.63) is 11.1 Å². The highest BCUT2D eigenvalue weighted by atomic mass is 16.4. The first-order valence-electron chi connectivity index (χ1n) is 5.21. The minimum atomic E-state index is -1.13. The van der Waals surface area contributed by atoms with Gasteiger partial charge in [-0.1, -0.05) is 19.3 Å². The standard InChI is InChI=1S/C11H16O4/c1-7(10(12)13)9(11(14)15)8-5-3-2-4-6-8/h8H,2-6H2,1H3,(H,12,13)(H,14,15)/b9-7-. The maximum absolute atomic E-state index is 11.0. The number of carboxylic acid groups (broad SMARTS) is 2. The zero-order valence-corrected chi connectivity index (χ0v) is 8.82. The molecule has 2 N–H and O–H groups in total. The summed E-state index contributed by atoms with van der Waals surface area (Å²) in [6, 6.07) is 0. The van der Waals surface area contributed by atoms with Crippen LogP contribution in [-0.4, -0.2) is 22.2 Å². The molecule has 0 aromatic carbocycles. The fourth-order valence-corrected chi connectivity index (χ4v) is 2.15. The molecule has 4 nitrogen and oxygen atoms in total. The fourth-order valence-electron chi connectivity index (χ4n) is 2.15. The summed E-state index contributed by atoms with van der Waals surface area (Å²) in [4.78, 5) is 21.8. The minimum absolute atomic E-state index is 0.0191. The Bertz CT molecular complexity index is 298. The first kappa shape index (κ1) is 11.8. The summed E-state index contributed by atoms with van der Waals surface area (Å²) in [6.45, 7) is 1.38. The van der Waals surface area contributed by atoms with Crippen LogP contribution in [0.5, 0.6) is 0 Å². The molecule has 0 aromatic heterocycles. The lowest BCUT2D eigenvalue weighted by Gasteiger charge is -2.23. The Morgan fingerprint density at radius 2 is 1.53 bits per heavy atom. The van der Waals surface area contributed by atoms with E-state index in [-0.39, 0.29) is 17.1 Å². The van der Waals surface area contributed by atoms with E-state index in [1.165, 1.54) is 6.92 Å². The van der Waals surface area contributed by atoms with Crippen molar-refractivity contribution in [2.45, 2.75) is 39.0 Å². The summed E-state index contributed by atoms with van der Waals surface area (Å²) in [5, 5.41) is 17.8. The fraction of sp³-hybridized carbons (Fsp3) is 0.636. The van der Waals surface area contributed by atoms with Crippen molar-refractivity contribution in [3.8, 4) is 0 Å². The van der Waals surface area contributed by atoms with Crippen molar-refractivity contribution in [1.82, 2.24) is 0 Å². The molecule has 1 fully saturated rings. The van der Waals surface area contributed by atoms with Gasteiger partial charge in [-0.3, -0.25) is 0 Å². The Labute approximate surface area is 88.6 Å². The van der Waals surface area contributed by atoms with Gasteiger partial charge in [-0.15, -0.1) is 0 Å². The van der Waals surface area contributed by atoms with Gasteiger partial charge in [0.15, 0.2) is 0 Å². The lowest BCUT2D eigenvalue weighted by Crippen LogP contribution is -2.19. The number of aliphatic carboxylic acids is 2. The van der Waals surface area contributed by atoms with E-state index in [9.17, 15) is 9.59 Å². The summed E-state index contributed by atoms with van der Waals surface area (Å²) in [5.41, 5.74) is 0.0802. The molecule has 0 bridgehead atoms. The smallest absolute Gasteiger partial charge is 0.332 e. The topological polar surface area (TPSA) is 74.6 Å². The lowest BCUT2D eigenvalue weighted by atomic mass is 9.82. The molecule has 1 aliphatic carbocycles. The number of carbonyl (C=O) groups is 2. The second-order valence-corrected chi connectivity index (χ2v) is 3.98. The van der Waals surface area contributed by atoms with Gasteiger partial charge in [-0.05, 0) is 25.7 Å². The highest BCUT2D eigenvalue weighted by Crippen LogP contribution is 2.31. The maximum Gasteiger partial charge on any atom is 0.332 e. The third kappa shape index (κ3) is 2.81. The summed E-state index contributed by atoms with van der Waals surface area (Å²) in [6.07, 6.45) is 4.71. The summed E-state index contributed by atoms with van der Waals surface area (Å²) in [7, 11) is 0. The van der Waals surface area contributed by atoms with E-state index in [1.54, 1.807) is 0 Å². The Hall–Kier alpha value is -1.32. The summed E-state index contributed by atoms with van der Waals surface area (Å²) < 4.78 is 0. The van der Waals surface area contributed by atoms with Crippen molar-refractivity contribution in [3.63, 3.8) is 0 Å². The van der Waals surface area contributed by atoms with E-state index in [2.05, 4.69) is 0 Å². The molecule has 1 saturated carbocycles. The van der Waals surface area contributed by atoms with Crippen LogP contribution in [0, 0.1) is 5.92 Å². The quantitative estimate of drug-likeness (QED) is 0.702. The van der Waals surface area contributed by atoms with Crippen LogP contribution in [0.1, 0.15) is 39.0 Å². The van der Waals surface area contributed by atoms with Crippen LogP contribution in [0.4, 0.5) is 0 Å². The van der Waals surface area contributed by atoms with E-state index in [0.29, 0.717) is 0 Å². The van der Waals surface area contributed by atoms with Gasteiger partial charge in [0, 0.05) is 5.57 Å². The zero-order chi connectivity index (χ0) is 11.4. The molecule has 0 aromatic rings. The SMILES string of the molecule is C/C(C(=O)O)=C(/C(=O)O)C1CCCCC1. The first-order valence-corrected chi connectivity index (χ1v) is 5.21. The van der Waals surface area contributed by atoms with Crippen molar-refractivity contribution in [2.75, 3.05) is 0 Å². The monoisotopic (exact) mass is 212 g/mol. The van der Waals surface area contributed by atoms with Crippen LogP contribution < -0.4 is 0 Å². The largest absolute Gasteiger partial charge is 0.478 e. The van der Waals surface area contributed by atoms with Crippen LogP contribution in [0.2, 0.25) is 0 Å². The molecule has 0 saturated heterocycles. The molecule has 0 radical (unpaired) electrons. The highest BCUT2D eigenvalue weighted by Gasteiger charge is 2.26. The van der Waals surface area contributed by atoms with E-state index in [0.717, 1.165) is 32.1 Å². The van der Waals surface area contributed by atoms with Crippen molar-refractivity contribution >= 4 is 11.9 Å². The molecule has 1 rings (SSSR count). The third-order valence-electron chi connectivity index (χ3n) is 2.97. The molecule has 0 amide bonds. The van der Waals surface area contributed by atoms with Crippen LogP contribution in [0.15, 0.2) is 11.1 Å². The molecule has 84 valence electrons. The van der Waals surface area contributed by atoms with Gasteiger partial charge >= 0.3 is 11.9 Å². The van der Waals surface area contributed by atoms with Gasteiger partial charge in [0.1, 0.15) is 0 Å². The summed E-state index contributed by atoms with van der Waals surface area (Å²) >= 11 is 0. The van der Waals surface area contributed by atoms with Crippen LogP contribution >= 0.6 is 0 Å². The Kier molecular flexibility index (Phi) is 3.88. The van der Waals surface area contributed by atoms with Crippen LogP contribution in [0.3, 0.4) is 0 Å². The Balaban J connectivity index is 2.95. The average Bonchev–Trinajstić information content (AvgIpc) is 2.18. The molecule has 0 atom stereocenters. The molecule has 4 heteroatoms. The molecular formula is C11H16O4. The molecule has 0 aliphatic heterocycles. The maximum atomic E-state index is 11.0. The van der Waals surface area contributed by atoms with Gasteiger partial charge in [0.2, 0.25) is 0 Å². The number of rotatable bonds is 3. The van der Waals surface area contributed by atoms with Crippen LogP contribution in [0.25, 0.3) is 0 Å². The average molecular weight is 212 g/mol. The van der Waals surface area contributed by atoms with E-state index >= 15 is 0 Å². The van der Waals surface area contributed by atoms with E-state index in [4.69, 9.17) is 10.2 Å². The molecule has 15 heavy (non-hydrogen) atoms. The van der Waals surface area contributed by atoms with Crippen molar-refractivity contribution < 1.29 is 19.8 Å². The number of hydrogen-bond donors (Lipinski definition) is 2.